The summed E-state index contributed by atoms with van der Waals surface area (Å²) in [4.78, 5) is 11.9. The maximum Gasteiger partial charge on any atom is 0.251 e. The molecular weight excluding hydrogens is 312 g/mol. The summed E-state index contributed by atoms with van der Waals surface area (Å²) in [6.07, 6.45) is 2.39. The van der Waals surface area contributed by atoms with Gasteiger partial charge in [-0.25, -0.2) is 13.5 Å². The van der Waals surface area contributed by atoms with Gasteiger partial charge in [0.05, 0.1) is 11.4 Å². The van der Waals surface area contributed by atoms with Crippen LogP contribution in [0.25, 0.3) is 5.69 Å². The standard InChI is InChI=1S/C18H15F2N3O/c19-16-7-6-13(12-17(16)20)18(24)21-10-8-14-9-11-23(22-14)15-4-2-1-3-5-15/h1-7,9,11-12H,8,10H2,(H,21,24). The first-order valence-electron chi connectivity index (χ1n) is 7.47. The first-order valence-corrected chi connectivity index (χ1v) is 7.47. The van der Waals surface area contributed by atoms with Crippen molar-refractivity contribution in [2.75, 3.05) is 6.54 Å². The van der Waals surface area contributed by atoms with Crippen LogP contribution in [0.3, 0.4) is 0 Å². The largest absolute Gasteiger partial charge is 0.352 e. The lowest BCUT2D eigenvalue weighted by Crippen LogP contribution is -2.26. The second kappa shape index (κ2) is 7.04. The Balaban J connectivity index is 1.56. The van der Waals surface area contributed by atoms with E-state index in [9.17, 15) is 13.6 Å². The lowest BCUT2D eigenvalue weighted by molar-refractivity contribution is 0.0953. The van der Waals surface area contributed by atoms with Crippen molar-refractivity contribution < 1.29 is 13.6 Å². The van der Waals surface area contributed by atoms with Crippen molar-refractivity contribution in [2.24, 2.45) is 0 Å². The van der Waals surface area contributed by atoms with Gasteiger partial charge in [-0.05, 0) is 36.4 Å². The molecule has 0 saturated heterocycles. The van der Waals surface area contributed by atoms with Crippen LogP contribution in [0, 0.1) is 11.6 Å². The minimum Gasteiger partial charge on any atom is -0.352 e. The van der Waals surface area contributed by atoms with Crippen molar-refractivity contribution >= 4 is 5.91 Å². The minimum absolute atomic E-state index is 0.0868. The van der Waals surface area contributed by atoms with Gasteiger partial charge in [-0.2, -0.15) is 5.10 Å². The number of amides is 1. The van der Waals surface area contributed by atoms with Crippen molar-refractivity contribution in [3.8, 4) is 5.69 Å². The normalized spacial score (nSPS) is 10.6. The van der Waals surface area contributed by atoms with Gasteiger partial charge in [0, 0.05) is 24.7 Å². The van der Waals surface area contributed by atoms with Crippen LogP contribution < -0.4 is 5.32 Å². The molecule has 3 aromatic rings. The molecule has 4 nitrogen and oxygen atoms in total. The molecule has 122 valence electrons. The van der Waals surface area contributed by atoms with Gasteiger partial charge in [0.15, 0.2) is 11.6 Å². The summed E-state index contributed by atoms with van der Waals surface area (Å²) in [6, 6.07) is 14.6. The SMILES string of the molecule is O=C(NCCc1ccn(-c2ccccc2)n1)c1ccc(F)c(F)c1. The molecule has 0 aliphatic rings. The molecule has 0 bridgehead atoms. The summed E-state index contributed by atoms with van der Waals surface area (Å²) in [7, 11) is 0. The van der Waals surface area contributed by atoms with Gasteiger partial charge < -0.3 is 5.32 Å². The zero-order chi connectivity index (χ0) is 16.9. The smallest absolute Gasteiger partial charge is 0.251 e. The molecule has 0 saturated carbocycles. The second-order valence-electron chi connectivity index (χ2n) is 5.22. The zero-order valence-corrected chi connectivity index (χ0v) is 12.7. The van der Waals surface area contributed by atoms with Crippen LogP contribution in [0.15, 0.2) is 60.8 Å². The van der Waals surface area contributed by atoms with Crippen molar-refractivity contribution in [2.45, 2.75) is 6.42 Å². The van der Waals surface area contributed by atoms with Crippen LogP contribution in [-0.4, -0.2) is 22.2 Å². The summed E-state index contributed by atoms with van der Waals surface area (Å²) in [5.41, 5.74) is 1.86. The number of nitrogens with one attached hydrogen (secondary N) is 1. The van der Waals surface area contributed by atoms with Crippen LogP contribution in [0.2, 0.25) is 0 Å². The molecule has 1 N–H and O–H groups in total. The van der Waals surface area contributed by atoms with Crippen LogP contribution in [-0.2, 0) is 6.42 Å². The summed E-state index contributed by atoms with van der Waals surface area (Å²) in [5.74, 6) is -2.46. The van der Waals surface area contributed by atoms with E-state index in [4.69, 9.17) is 0 Å². The number of hydrogen-bond donors (Lipinski definition) is 1. The third-order valence-corrected chi connectivity index (χ3v) is 3.51. The number of carbonyl (C=O) groups is 1. The highest BCUT2D eigenvalue weighted by molar-refractivity contribution is 5.94. The van der Waals surface area contributed by atoms with E-state index in [0.29, 0.717) is 13.0 Å². The van der Waals surface area contributed by atoms with Gasteiger partial charge in [-0.15, -0.1) is 0 Å². The zero-order valence-electron chi connectivity index (χ0n) is 12.7. The Kier molecular flexibility index (Phi) is 4.65. The predicted octanol–water partition coefficient (Wildman–Crippen LogP) is 3.12. The highest BCUT2D eigenvalue weighted by Crippen LogP contribution is 2.09. The molecule has 2 aromatic carbocycles. The Morgan fingerprint density at radius 1 is 1.04 bits per heavy atom. The van der Waals surface area contributed by atoms with Crippen LogP contribution in [0.5, 0.6) is 0 Å². The Hall–Kier alpha value is -3.02. The highest BCUT2D eigenvalue weighted by Gasteiger charge is 2.09. The van der Waals surface area contributed by atoms with E-state index in [-0.39, 0.29) is 5.56 Å². The van der Waals surface area contributed by atoms with E-state index in [1.807, 2.05) is 42.6 Å². The molecule has 1 amide bonds. The number of rotatable bonds is 5. The monoisotopic (exact) mass is 327 g/mol. The van der Waals surface area contributed by atoms with Gasteiger partial charge in [0.25, 0.3) is 5.91 Å². The fraction of sp³-hybridized carbons (Fsp3) is 0.111. The van der Waals surface area contributed by atoms with Gasteiger partial charge >= 0.3 is 0 Å². The molecule has 6 heteroatoms. The molecule has 0 atom stereocenters. The Labute approximate surface area is 137 Å². The third-order valence-electron chi connectivity index (χ3n) is 3.51. The topological polar surface area (TPSA) is 46.9 Å². The molecule has 0 fully saturated rings. The quantitative estimate of drug-likeness (QED) is 0.783. The van der Waals surface area contributed by atoms with E-state index in [1.54, 1.807) is 4.68 Å². The summed E-state index contributed by atoms with van der Waals surface area (Å²) < 4.78 is 27.7. The van der Waals surface area contributed by atoms with Gasteiger partial charge in [-0.1, -0.05) is 18.2 Å². The van der Waals surface area contributed by atoms with Gasteiger partial charge in [-0.3, -0.25) is 4.79 Å². The lowest BCUT2D eigenvalue weighted by Gasteiger charge is -2.05. The van der Waals surface area contributed by atoms with Gasteiger partial charge in [0.1, 0.15) is 0 Å². The fourth-order valence-corrected chi connectivity index (χ4v) is 2.26. The lowest BCUT2D eigenvalue weighted by atomic mass is 10.2. The summed E-state index contributed by atoms with van der Waals surface area (Å²) >= 11 is 0. The van der Waals surface area contributed by atoms with E-state index in [2.05, 4.69) is 10.4 Å². The van der Waals surface area contributed by atoms with Gasteiger partial charge in [0.2, 0.25) is 0 Å². The molecule has 0 aliphatic carbocycles. The number of halogens is 2. The molecule has 0 spiro atoms. The molecule has 3 rings (SSSR count). The number of carbonyl (C=O) groups excluding carboxylic acids is 1. The summed E-state index contributed by atoms with van der Waals surface area (Å²) in [5, 5.41) is 7.10. The Morgan fingerprint density at radius 3 is 2.58 bits per heavy atom. The third kappa shape index (κ3) is 3.65. The van der Waals surface area contributed by atoms with E-state index in [0.717, 1.165) is 23.5 Å². The van der Waals surface area contributed by atoms with Crippen LogP contribution >= 0.6 is 0 Å². The molecule has 1 heterocycles. The molecule has 0 unspecified atom stereocenters. The van der Waals surface area contributed by atoms with Crippen molar-refractivity contribution in [1.29, 1.82) is 0 Å². The Bertz CT molecular complexity index is 846. The number of aromatic nitrogens is 2. The average molecular weight is 327 g/mol. The summed E-state index contributed by atoms with van der Waals surface area (Å²) in [6.45, 7) is 0.351. The first kappa shape index (κ1) is 15.9. The second-order valence-corrected chi connectivity index (χ2v) is 5.22. The Morgan fingerprint density at radius 2 is 1.83 bits per heavy atom. The number of benzene rings is 2. The van der Waals surface area contributed by atoms with Crippen molar-refractivity contribution in [1.82, 2.24) is 15.1 Å². The molecule has 0 radical (unpaired) electrons. The van der Waals surface area contributed by atoms with E-state index >= 15 is 0 Å². The number of nitrogens with zero attached hydrogens (tertiary/aromatic N) is 2. The first-order chi connectivity index (χ1) is 11.6. The van der Waals surface area contributed by atoms with E-state index < -0.39 is 17.5 Å². The molecule has 1 aromatic heterocycles. The number of hydrogen-bond acceptors (Lipinski definition) is 2. The highest BCUT2D eigenvalue weighted by atomic mass is 19.2. The average Bonchev–Trinajstić information content (AvgIpc) is 3.07. The maximum absolute atomic E-state index is 13.1. The molecular formula is C18H15F2N3O. The van der Waals surface area contributed by atoms with Crippen LogP contribution in [0.4, 0.5) is 8.78 Å². The maximum atomic E-state index is 13.1. The van der Waals surface area contributed by atoms with Crippen molar-refractivity contribution in [3.05, 3.63) is 83.7 Å². The fourth-order valence-electron chi connectivity index (χ4n) is 2.26. The van der Waals surface area contributed by atoms with Crippen molar-refractivity contribution in [3.63, 3.8) is 0 Å². The predicted molar refractivity (Wildman–Crippen MR) is 86.0 cm³/mol. The van der Waals surface area contributed by atoms with E-state index in [1.165, 1.54) is 6.07 Å². The number of para-hydroxylation sites is 1. The van der Waals surface area contributed by atoms with Crippen LogP contribution in [0.1, 0.15) is 16.1 Å². The molecule has 0 aliphatic heterocycles. The minimum atomic E-state index is -1.04. The molecule has 24 heavy (non-hydrogen) atoms.